The fourth-order valence-corrected chi connectivity index (χ4v) is 2.47. The number of benzene rings is 2. The van der Waals surface area contributed by atoms with Crippen molar-refractivity contribution in [3.8, 4) is 5.75 Å². The molecule has 2 aromatic rings. The van der Waals surface area contributed by atoms with Gasteiger partial charge in [-0.05, 0) is 23.2 Å². The van der Waals surface area contributed by atoms with Gasteiger partial charge in [-0.15, -0.1) is 0 Å². The number of cyclic esters (lactones) is 1. The van der Waals surface area contributed by atoms with Crippen LogP contribution in [0.15, 0.2) is 53.6 Å². The summed E-state index contributed by atoms with van der Waals surface area (Å²) in [4.78, 5) is 15.8. The molecule has 2 aromatic carbocycles. The Morgan fingerprint density at radius 3 is 2.84 bits per heavy atom. The lowest BCUT2D eigenvalue weighted by molar-refractivity contribution is 0.145. The fraction of sp³-hybridized carbons (Fsp3) is 0.235. The molecule has 8 heteroatoms. The molecule has 1 atom stereocenters. The molecule has 1 heterocycles. The van der Waals surface area contributed by atoms with Crippen molar-refractivity contribution < 1.29 is 18.7 Å². The van der Waals surface area contributed by atoms with Crippen molar-refractivity contribution in [1.29, 1.82) is 0 Å². The first-order valence-electron chi connectivity index (χ1n) is 7.62. The second-order valence-electron chi connectivity index (χ2n) is 5.42. The highest BCUT2D eigenvalue weighted by Crippen LogP contribution is 2.27. The van der Waals surface area contributed by atoms with E-state index in [1.807, 2.05) is 30.3 Å². The van der Waals surface area contributed by atoms with E-state index in [-0.39, 0.29) is 25.4 Å². The number of ether oxygens (including phenoxy) is 2. The van der Waals surface area contributed by atoms with Gasteiger partial charge in [0, 0.05) is 11.0 Å². The summed E-state index contributed by atoms with van der Waals surface area (Å²) in [5.74, 6) is -0.467. The van der Waals surface area contributed by atoms with Crippen LogP contribution in [0.1, 0.15) is 5.56 Å². The van der Waals surface area contributed by atoms with Crippen molar-refractivity contribution in [2.24, 2.45) is 5.11 Å². The van der Waals surface area contributed by atoms with Gasteiger partial charge in [0.15, 0.2) is 11.6 Å². The number of amides is 1. The van der Waals surface area contributed by atoms with Crippen LogP contribution < -0.4 is 9.64 Å². The first-order valence-corrected chi connectivity index (χ1v) is 7.62. The topological polar surface area (TPSA) is 87.5 Å². The zero-order chi connectivity index (χ0) is 17.6. The van der Waals surface area contributed by atoms with E-state index in [0.717, 1.165) is 5.56 Å². The fourth-order valence-electron chi connectivity index (χ4n) is 2.47. The van der Waals surface area contributed by atoms with Gasteiger partial charge in [0.25, 0.3) is 0 Å². The summed E-state index contributed by atoms with van der Waals surface area (Å²) in [6.45, 7) is 0.484. The Hall–Kier alpha value is -3.25. The number of anilines is 1. The van der Waals surface area contributed by atoms with Crippen LogP contribution in [-0.2, 0) is 11.3 Å². The van der Waals surface area contributed by atoms with Gasteiger partial charge in [0.1, 0.15) is 12.7 Å². The third kappa shape index (κ3) is 3.99. The molecular weight excluding hydrogens is 327 g/mol. The molecule has 0 aromatic heterocycles. The lowest BCUT2D eigenvalue weighted by Crippen LogP contribution is -2.25. The van der Waals surface area contributed by atoms with E-state index >= 15 is 0 Å². The van der Waals surface area contributed by atoms with Crippen LogP contribution in [0.25, 0.3) is 10.4 Å². The summed E-state index contributed by atoms with van der Waals surface area (Å²) in [7, 11) is 0. The van der Waals surface area contributed by atoms with Crippen molar-refractivity contribution >= 4 is 11.8 Å². The second kappa shape index (κ2) is 7.55. The zero-order valence-electron chi connectivity index (χ0n) is 13.2. The lowest BCUT2D eigenvalue weighted by Gasteiger charge is -2.14. The Balaban J connectivity index is 1.67. The van der Waals surface area contributed by atoms with Gasteiger partial charge in [-0.1, -0.05) is 35.4 Å². The average Bonchev–Trinajstić information content (AvgIpc) is 3.00. The van der Waals surface area contributed by atoms with Gasteiger partial charge in [0.05, 0.1) is 18.8 Å². The second-order valence-corrected chi connectivity index (χ2v) is 5.42. The Morgan fingerprint density at radius 1 is 1.32 bits per heavy atom. The Morgan fingerprint density at radius 2 is 2.12 bits per heavy atom. The van der Waals surface area contributed by atoms with E-state index in [0.29, 0.717) is 5.69 Å². The monoisotopic (exact) mass is 342 g/mol. The third-order valence-electron chi connectivity index (χ3n) is 3.69. The minimum atomic E-state index is -0.601. The maximum absolute atomic E-state index is 14.3. The van der Waals surface area contributed by atoms with Gasteiger partial charge in [-0.2, -0.15) is 0 Å². The van der Waals surface area contributed by atoms with Crippen LogP contribution >= 0.6 is 0 Å². The summed E-state index contributed by atoms with van der Waals surface area (Å²) in [5, 5.41) is 3.38. The molecule has 0 spiro atoms. The Kier molecular flexibility index (Phi) is 5.01. The molecular formula is C17H15FN4O3. The van der Waals surface area contributed by atoms with E-state index < -0.39 is 18.0 Å². The minimum absolute atomic E-state index is 0.0412. The van der Waals surface area contributed by atoms with Gasteiger partial charge in [-0.3, -0.25) is 4.90 Å². The van der Waals surface area contributed by atoms with E-state index in [9.17, 15) is 9.18 Å². The summed E-state index contributed by atoms with van der Waals surface area (Å²) in [5.41, 5.74) is 9.60. The van der Waals surface area contributed by atoms with Gasteiger partial charge in [0.2, 0.25) is 0 Å². The molecule has 0 saturated carbocycles. The largest absolute Gasteiger partial charge is 0.486 e. The van der Waals surface area contributed by atoms with Crippen LogP contribution in [0.4, 0.5) is 14.9 Å². The quantitative estimate of drug-likeness (QED) is 0.451. The maximum Gasteiger partial charge on any atom is 0.414 e. The number of carbonyl (C=O) groups excluding carboxylic acids is 1. The average molecular weight is 342 g/mol. The van der Waals surface area contributed by atoms with Gasteiger partial charge < -0.3 is 9.47 Å². The summed E-state index contributed by atoms with van der Waals surface area (Å²) in [6, 6.07) is 13.7. The molecule has 1 fully saturated rings. The number of nitrogens with zero attached hydrogens (tertiary/aromatic N) is 4. The molecule has 0 N–H and O–H groups in total. The number of carbonyl (C=O) groups is 1. The molecule has 1 saturated heterocycles. The first-order chi connectivity index (χ1) is 12.2. The third-order valence-corrected chi connectivity index (χ3v) is 3.69. The maximum atomic E-state index is 14.3. The van der Waals surface area contributed by atoms with Crippen LogP contribution in [0.3, 0.4) is 0 Å². The molecule has 3 rings (SSSR count). The number of hydrogen-bond acceptors (Lipinski definition) is 4. The van der Waals surface area contributed by atoms with Gasteiger partial charge >= 0.3 is 6.09 Å². The van der Waals surface area contributed by atoms with E-state index in [1.165, 1.54) is 17.0 Å². The van der Waals surface area contributed by atoms with E-state index in [4.69, 9.17) is 15.0 Å². The molecule has 0 bridgehead atoms. The molecule has 25 heavy (non-hydrogen) atoms. The summed E-state index contributed by atoms with van der Waals surface area (Å²) in [6.07, 6.45) is -1.14. The standard InChI is InChI=1S/C17H15FN4O3/c18-15-8-13(22-10-14(9-20-21-19)25-17(22)23)6-7-16(15)24-11-12-4-2-1-3-5-12/h1-8,14H,9-11H2. The van der Waals surface area contributed by atoms with E-state index in [2.05, 4.69) is 10.0 Å². The molecule has 1 unspecified atom stereocenters. The number of hydrogen-bond donors (Lipinski definition) is 0. The summed E-state index contributed by atoms with van der Waals surface area (Å²) < 4.78 is 24.8. The SMILES string of the molecule is [N-]=[N+]=NCC1CN(c2ccc(OCc3ccccc3)c(F)c2)C(=O)O1. The molecule has 1 amide bonds. The highest BCUT2D eigenvalue weighted by atomic mass is 19.1. The Labute approximate surface area is 143 Å². The van der Waals surface area contributed by atoms with E-state index in [1.54, 1.807) is 6.07 Å². The molecule has 0 aliphatic carbocycles. The lowest BCUT2D eigenvalue weighted by atomic mass is 10.2. The predicted octanol–water partition coefficient (Wildman–Crippen LogP) is 4.04. The van der Waals surface area contributed by atoms with Gasteiger partial charge in [-0.25, -0.2) is 9.18 Å². The minimum Gasteiger partial charge on any atom is -0.486 e. The predicted molar refractivity (Wildman–Crippen MR) is 88.8 cm³/mol. The molecule has 7 nitrogen and oxygen atoms in total. The highest BCUT2D eigenvalue weighted by Gasteiger charge is 2.32. The van der Waals surface area contributed by atoms with Crippen LogP contribution in [0, 0.1) is 5.82 Å². The molecule has 1 aliphatic heterocycles. The first kappa shape index (κ1) is 16.6. The number of azide groups is 1. The highest BCUT2D eigenvalue weighted by molar-refractivity contribution is 5.89. The number of rotatable bonds is 6. The zero-order valence-corrected chi connectivity index (χ0v) is 13.2. The molecule has 1 aliphatic rings. The van der Waals surface area contributed by atoms with Crippen molar-refractivity contribution in [1.82, 2.24) is 0 Å². The van der Waals surface area contributed by atoms with Crippen LogP contribution in [0.5, 0.6) is 5.75 Å². The summed E-state index contributed by atoms with van der Waals surface area (Å²) >= 11 is 0. The Bertz CT molecular complexity index is 809. The van der Waals surface area contributed by atoms with Crippen molar-refractivity contribution in [3.63, 3.8) is 0 Å². The normalized spacial score (nSPS) is 16.3. The van der Waals surface area contributed by atoms with Crippen molar-refractivity contribution in [3.05, 3.63) is 70.4 Å². The van der Waals surface area contributed by atoms with Crippen LogP contribution in [-0.4, -0.2) is 25.3 Å². The van der Waals surface area contributed by atoms with Crippen molar-refractivity contribution in [2.75, 3.05) is 18.0 Å². The van der Waals surface area contributed by atoms with Crippen molar-refractivity contribution in [2.45, 2.75) is 12.7 Å². The van der Waals surface area contributed by atoms with Crippen LogP contribution in [0.2, 0.25) is 0 Å². The molecule has 128 valence electrons. The smallest absolute Gasteiger partial charge is 0.414 e. The number of halogens is 1. The molecule has 0 radical (unpaired) electrons.